The quantitative estimate of drug-likeness (QED) is 0.528. The maximum Gasteiger partial charge on any atom is 0.0826 e. The number of hydrogen-bond donors (Lipinski definition) is 1. The van der Waals surface area contributed by atoms with E-state index in [1.807, 2.05) is 20.8 Å². The predicted octanol–water partition coefficient (Wildman–Crippen LogP) is 0.935. The lowest BCUT2D eigenvalue weighted by Crippen LogP contribution is -2.18. The lowest BCUT2D eigenvalue weighted by molar-refractivity contribution is -0.0217. The molecular weight excluding hydrogens is 116 g/mol. The summed E-state index contributed by atoms with van der Waals surface area (Å²) in [5.74, 6) is 0. The van der Waals surface area contributed by atoms with E-state index in [4.69, 9.17) is 4.74 Å². The van der Waals surface area contributed by atoms with Gasteiger partial charge in [0.15, 0.2) is 0 Å². The van der Waals surface area contributed by atoms with Crippen LogP contribution in [0.2, 0.25) is 0 Å². The Morgan fingerprint density at radius 2 is 2.11 bits per heavy atom. The molecule has 1 heterocycles. The molecule has 0 spiro atoms. The fourth-order valence-corrected chi connectivity index (χ4v) is 1.30. The lowest BCUT2D eigenvalue weighted by Gasteiger charge is -2.16. The summed E-state index contributed by atoms with van der Waals surface area (Å²) in [6.07, 6.45) is 0.508. The van der Waals surface area contributed by atoms with Gasteiger partial charge in [-0.2, -0.15) is 0 Å². The van der Waals surface area contributed by atoms with Gasteiger partial charge in [0, 0.05) is 6.42 Å². The van der Waals surface area contributed by atoms with Crippen molar-refractivity contribution in [3.8, 4) is 0 Å². The largest absolute Gasteiger partial charge is 0.390 e. The zero-order valence-electron chi connectivity index (χ0n) is 6.22. The third-order valence-corrected chi connectivity index (χ3v) is 1.75. The molecule has 1 rings (SSSR count). The van der Waals surface area contributed by atoms with Crippen LogP contribution in [-0.4, -0.2) is 22.9 Å². The SMILES string of the molecule is C[C@@H]1OC(C)(C)C[C@H]1O. The van der Waals surface area contributed by atoms with Crippen LogP contribution < -0.4 is 0 Å². The molecule has 0 aliphatic carbocycles. The van der Waals surface area contributed by atoms with Crippen LogP contribution >= 0.6 is 0 Å². The van der Waals surface area contributed by atoms with Crippen molar-refractivity contribution in [2.75, 3.05) is 0 Å². The van der Waals surface area contributed by atoms with Crippen LogP contribution in [0.25, 0.3) is 0 Å². The second-order valence-electron chi connectivity index (χ2n) is 3.35. The summed E-state index contributed by atoms with van der Waals surface area (Å²) >= 11 is 0. The Labute approximate surface area is 55.8 Å². The van der Waals surface area contributed by atoms with Crippen molar-refractivity contribution >= 4 is 0 Å². The zero-order valence-corrected chi connectivity index (χ0v) is 6.22. The molecule has 9 heavy (non-hydrogen) atoms. The van der Waals surface area contributed by atoms with Gasteiger partial charge >= 0.3 is 0 Å². The van der Waals surface area contributed by atoms with Crippen molar-refractivity contribution in [1.29, 1.82) is 0 Å². The number of rotatable bonds is 0. The summed E-state index contributed by atoms with van der Waals surface area (Å²) < 4.78 is 5.41. The average Bonchev–Trinajstić information content (AvgIpc) is 1.79. The summed E-state index contributed by atoms with van der Waals surface area (Å²) in [6.45, 7) is 5.90. The molecule has 1 aliphatic rings. The Morgan fingerprint density at radius 3 is 2.22 bits per heavy atom. The standard InChI is InChI=1S/C7H14O2/c1-5-6(8)4-7(2,3)9-5/h5-6,8H,4H2,1-3H3/t5-,6+/m0/s1. The van der Waals surface area contributed by atoms with Crippen LogP contribution in [-0.2, 0) is 4.74 Å². The molecule has 1 aliphatic heterocycles. The molecule has 2 heteroatoms. The Bertz CT molecular complexity index is 97.5. The van der Waals surface area contributed by atoms with Crippen LogP contribution in [0.3, 0.4) is 0 Å². The van der Waals surface area contributed by atoms with Gasteiger partial charge in [-0.25, -0.2) is 0 Å². The normalized spacial score (nSPS) is 41.3. The highest BCUT2D eigenvalue weighted by Crippen LogP contribution is 2.28. The van der Waals surface area contributed by atoms with Crippen LogP contribution in [0.15, 0.2) is 0 Å². The van der Waals surface area contributed by atoms with Gasteiger partial charge in [0.2, 0.25) is 0 Å². The molecule has 0 aromatic heterocycles. The van der Waals surface area contributed by atoms with E-state index in [-0.39, 0.29) is 17.8 Å². The third kappa shape index (κ3) is 1.43. The molecular formula is C7H14O2. The number of hydrogen-bond acceptors (Lipinski definition) is 2. The van der Waals surface area contributed by atoms with E-state index in [2.05, 4.69) is 0 Å². The monoisotopic (exact) mass is 130 g/mol. The number of aliphatic hydroxyl groups is 1. The fourth-order valence-electron chi connectivity index (χ4n) is 1.30. The predicted molar refractivity (Wildman–Crippen MR) is 35.2 cm³/mol. The van der Waals surface area contributed by atoms with E-state index in [1.165, 1.54) is 0 Å². The lowest BCUT2D eigenvalue weighted by atomic mass is 10.0. The highest BCUT2D eigenvalue weighted by Gasteiger charge is 2.36. The average molecular weight is 130 g/mol. The Morgan fingerprint density at radius 1 is 1.56 bits per heavy atom. The number of aliphatic hydroxyl groups excluding tert-OH is 1. The van der Waals surface area contributed by atoms with Gasteiger partial charge < -0.3 is 9.84 Å². The van der Waals surface area contributed by atoms with Crippen molar-refractivity contribution in [2.24, 2.45) is 0 Å². The van der Waals surface area contributed by atoms with Gasteiger partial charge in [-0.15, -0.1) is 0 Å². The first kappa shape index (κ1) is 7.03. The Balaban J connectivity index is 2.54. The topological polar surface area (TPSA) is 29.5 Å². The minimum atomic E-state index is -0.264. The van der Waals surface area contributed by atoms with Crippen molar-refractivity contribution in [2.45, 2.75) is 45.0 Å². The summed E-state index contributed by atoms with van der Waals surface area (Å²) in [5, 5.41) is 9.21. The maximum atomic E-state index is 9.21. The van der Waals surface area contributed by atoms with Crippen LogP contribution in [0, 0.1) is 0 Å². The zero-order chi connectivity index (χ0) is 7.07. The molecule has 1 fully saturated rings. The Hall–Kier alpha value is -0.0800. The smallest absolute Gasteiger partial charge is 0.0826 e. The molecule has 2 atom stereocenters. The summed E-state index contributed by atoms with van der Waals surface area (Å²) in [7, 11) is 0. The molecule has 0 saturated carbocycles. The van der Waals surface area contributed by atoms with Gasteiger partial charge in [-0.05, 0) is 20.8 Å². The second-order valence-corrected chi connectivity index (χ2v) is 3.35. The molecule has 54 valence electrons. The van der Waals surface area contributed by atoms with Crippen LogP contribution in [0.5, 0.6) is 0 Å². The van der Waals surface area contributed by atoms with Gasteiger partial charge in [0.25, 0.3) is 0 Å². The first-order chi connectivity index (χ1) is 4.01. The molecule has 0 radical (unpaired) electrons. The van der Waals surface area contributed by atoms with E-state index in [0.717, 1.165) is 6.42 Å². The van der Waals surface area contributed by atoms with E-state index in [9.17, 15) is 5.11 Å². The fraction of sp³-hybridized carbons (Fsp3) is 1.00. The van der Waals surface area contributed by atoms with Gasteiger partial charge in [0.05, 0.1) is 17.8 Å². The molecule has 1 saturated heterocycles. The minimum absolute atomic E-state index is 0.0139. The molecule has 0 unspecified atom stereocenters. The second kappa shape index (κ2) is 1.96. The molecule has 1 N–H and O–H groups in total. The summed E-state index contributed by atoms with van der Waals surface area (Å²) in [5.41, 5.74) is -0.112. The van der Waals surface area contributed by atoms with E-state index in [0.29, 0.717) is 0 Å². The highest BCUT2D eigenvalue weighted by atomic mass is 16.5. The first-order valence-corrected chi connectivity index (χ1v) is 3.37. The summed E-state index contributed by atoms with van der Waals surface area (Å²) in [4.78, 5) is 0. The van der Waals surface area contributed by atoms with E-state index >= 15 is 0 Å². The van der Waals surface area contributed by atoms with Gasteiger partial charge in [-0.1, -0.05) is 0 Å². The molecule has 0 aromatic carbocycles. The van der Waals surface area contributed by atoms with Crippen molar-refractivity contribution < 1.29 is 9.84 Å². The van der Waals surface area contributed by atoms with Gasteiger partial charge in [0.1, 0.15) is 0 Å². The van der Waals surface area contributed by atoms with Gasteiger partial charge in [-0.3, -0.25) is 0 Å². The molecule has 0 bridgehead atoms. The number of ether oxygens (including phenoxy) is 1. The van der Waals surface area contributed by atoms with E-state index in [1.54, 1.807) is 0 Å². The van der Waals surface area contributed by atoms with E-state index < -0.39 is 0 Å². The Kier molecular flexibility index (Phi) is 1.53. The van der Waals surface area contributed by atoms with Crippen molar-refractivity contribution in [3.63, 3.8) is 0 Å². The highest BCUT2D eigenvalue weighted by molar-refractivity contribution is 4.85. The van der Waals surface area contributed by atoms with Crippen LogP contribution in [0.4, 0.5) is 0 Å². The molecule has 0 amide bonds. The first-order valence-electron chi connectivity index (χ1n) is 3.37. The van der Waals surface area contributed by atoms with Crippen LogP contribution in [0.1, 0.15) is 27.2 Å². The minimum Gasteiger partial charge on any atom is -0.390 e. The summed E-state index contributed by atoms with van der Waals surface area (Å²) in [6, 6.07) is 0. The van der Waals surface area contributed by atoms with Crippen molar-refractivity contribution in [3.05, 3.63) is 0 Å². The molecule has 0 aromatic rings. The van der Waals surface area contributed by atoms with Crippen molar-refractivity contribution in [1.82, 2.24) is 0 Å². The maximum absolute atomic E-state index is 9.21. The third-order valence-electron chi connectivity index (χ3n) is 1.75. The molecule has 2 nitrogen and oxygen atoms in total.